The summed E-state index contributed by atoms with van der Waals surface area (Å²) >= 11 is 15.7. The van der Waals surface area contributed by atoms with Gasteiger partial charge >= 0.3 is 0 Å². The number of fused-ring (bicyclic) bond motifs is 1. The van der Waals surface area contributed by atoms with Gasteiger partial charge in [0.05, 0.1) is 5.52 Å². The number of halogens is 1. The fourth-order valence-corrected chi connectivity index (χ4v) is 93.0. The van der Waals surface area contributed by atoms with Crippen molar-refractivity contribution >= 4 is 356 Å². The molecule has 2 heterocycles. The Morgan fingerprint density at radius 2 is 0.685 bits per heavy atom. The molecule has 1 aromatic carbocycles. The van der Waals surface area contributed by atoms with Crippen LogP contribution in [0.15, 0.2) is 54.9 Å². The van der Waals surface area contributed by atoms with Crippen LogP contribution < -0.4 is 0 Å². The van der Waals surface area contributed by atoms with Gasteiger partial charge in [0.1, 0.15) is 5.15 Å². The van der Waals surface area contributed by atoms with E-state index in [1.54, 1.807) is 119 Å². The van der Waals surface area contributed by atoms with Gasteiger partial charge in [0, 0.05) is 357 Å². The SMILES string of the molecule is Clc1ncc(-c2ccccc2)c2ncccc12.S=S=S=S=S=S=S=S=S=S=S=S=S=S=S=S=S=S=S=S=S=S=S=S=S=S=S=S=S=S=S=S=S=S=S=S=S. The second kappa shape index (κ2) is 44.4. The Hall–Kier alpha value is 6.21. The number of benzene rings is 1. The zero-order chi connectivity index (χ0) is 38.4. The average molecular weight is 1430 g/mol. The lowest BCUT2D eigenvalue weighted by molar-refractivity contribution is 1.32. The highest BCUT2D eigenvalue weighted by atomic mass is 35.5. The molecule has 3 rings (SSSR count). The smallest absolute Gasteiger partial charge is 0.138 e. The van der Waals surface area contributed by atoms with E-state index in [2.05, 4.69) is 9.97 Å². The first-order valence-corrected chi connectivity index (χ1v) is 59.7. The van der Waals surface area contributed by atoms with Crippen molar-refractivity contribution in [2.45, 2.75) is 0 Å². The zero-order valence-electron chi connectivity index (χ0n) is 24.1. The molecule has 0 unspecified atom stereocenters. The van der Waals surface area contributed by atoms with Crippen molar-refractivity contribution in [1.82, 2.24) is 9.97 Å². The van der Waals surface area contributed by atoms with Crippen LogP contribution in [0.3, 0.4) is 0 Å². The lowest BCUT2D eigenvalue weighted by atomic mass is 10.1. The number of hydrogen-bond acceptors (Lipinski definition) is 4. The van der Waals surface area contributed by atoms with E-state index in [0.29, 0.717) is 5.15 Å². The van der Waals surface area contributed by atoms with E-state index in [1.807, 2.05) is 229 Å². The standard InChI is InChI=1S/C14H9ClN2.S37/c15-14-11-7-4-8-16-13(11)12(9-17-14)10-5-2-1-3-6-10;1-3-5-7-9-11-13-15-17-19-21-23-25-27-29-31-33-35-37-36-34-32-30-28-26-24-22-20-18-16-14-12-10-8-6-4-2/h1-9H;. The Labute approximate surface area is 426 Å². The van der Waals surface area contributed by atoms with Gasteiger partial charge in [0.2, 0.25) is 0 Å². The molecule has 54 heavy (non-hydrogen) atoms. The topological polar surface area (TPSA) is 25.8 Å². The van der Waals surface area contributed by atoms with Gasteiger partial charge in [0.25, 0.3) is 0 Å². The predicted octanol–water partition coefficient (Wildman–Crippen LogP) is 3.86. The number of pyridine rings is 2. The Kier molecular flexibility index (Phi) is 46.3. The molecule has 0 spiro atoms. The third kappa shape index (κ3) is 32.8. The summed E-state index contributed by atoms with van der Waals surface area (Å²) in [4.78, 5) is 8.60. The van der Waals surface area contributed by atoms with Gasteiger partial charge in [-0.25, -0.2) is 4.98 Å². The number of rotatable bonds is 1. The summed E-state index contributed by atoms with van der Waals surface area (Å²) < 4.78 is 0. The molecule has 0 radical (unpaired) electrons. The van der Waals surface area contributed by atoms with Crippen molar-refractivity contribution in [3.63, 3.8) is 0 Å². The van der Waals surface area contributed by atoms with Gasteiger partial charge in [-0.05, 0) is 17.7 Å². The third-order valence-electron chi connectivity index (χ3n) is 3.62. The first kappa shape index (κ1) is 56.3. The molecule has 0 N–H and O–H groups in total. The molecule has 0 amide bonds. The molecule has 304 valence electrons. The molecule has 0 aliphatic heterocycles. The lowest BCUT2D eigenvalue weighted by Gasteiger charge is -2.06. The first-order chi connectivity index (χ1) is 26.8. The van der Waals surface area contributed by atoms with Gasteiger partial charge in [-0.2, -0.15) is 0 Å². The van der Waals surface area contributed by atoms with Gasteiger partial charge in [0.15, 0.2) is 0 Å². The van der Waals surface area contributed by atoms with Crippen LogP contribution in [0.2, 0.25) is 5.15 Å². The van der Waals surface area contributed by atoms with Crippen LogP contribution in [0.5, 0.6) is 0 Å². The highest BCUT2D eigenvalue weighted by molar-refractivity contribution is 8.80. The second-order valence-corrected chi connectivity index (χ2v) is 68.4. The molecule has 0 saturated carbocycles. The fourth-order valence-electron chi connectivity index (χ4n) is 2.24. The predicted molar refractivity (Wildman–Crippen MR) is 342 cm³/mol. The van der Waals surface area contributed by atoms with Crippen LogP contribution in [-0.4, -0.2) is 9.97 Å². The highest BCUT2D eigenvalue weighted by Gasteiger charge is 2.08. The van der Waals surface area contributed by atoms with E-state index in [9.17, 15) is 0 Å². The van der Waals surface area contributed by atoms with Crippen molar-refractivity contribution in [1.29, 1.82) is 0 Å². The molecular formula is C14H9ClN2S37. The summed E-state index contributed by atoms with van der Waals surface area (Å²) in [6.45, 7) is 0. The van der Waals surface area contributed by atoms with Crippen molar-refractivity contribution in [2.24, 2.45) is 0 Å². The summed E-state index contributed by atoms with van der Waals surface area (Å²) in [7, 11) is 61.9. The first-order valence-electron chi connectivity index (χ1n) is 11.3. The van der Waals surface area contributed by atoms with Crippen LogP contribution in [0.25, 0.3) is 22.0 Å². The number of nitrogens with zero attached hydrogens (tertiary/aromatic N) is 2. The molecule has 0 atom stereocenters. The quantitative estimate of drug-likeness (QED) is 0.347. The maximum absolute atomic E-state index is 6.07. The largest absolute Gasteiger partial charge is 0.255 e. The summed E-state index contributed by atoms with van der Waals surface area (Å²) in [6, 6.07) is 13.9. The average Bonchev–Trinajstić information content (AvgIpc) is 3.20. The molecule has 2 aromatic heterocycles. The van der Waals surface area contributed by atoms with E-state index in [4.69, 9.17) is 34.0 Å². The third-order valence-corrected chi connectivity index (χ3v) is 79.5. The van der Waals surface area contributed by atoms with E-state index in [-0.39, 0.29) is 0 Å². The zero-order valence-corrected chi connectivity index (χ0v) is 55.0. The Balaban J connectivity index is 0.000000482. The number of hydrogen-bond donors (Lipinski definition) is 0. The molecule has 0 saturated heterocycles. The van der Waals surface area contributed by atoms with Crippen molar-refractivity contribution in [2.75, 3.05) is 0 Å². The molecule has 0 bridgehead atoms. The minimum atomic E-state index is 0.493. The lowest BCUT2D eigenvalue weighted by Crippen LogP contribution is -1.87. The number of aromatic nitrogens is 2. The molecule has 0 aliphatic rings. The summed E-state index contributed by atoms with van der Waals surface area (Å²) in [5, 5.41) is 1.38. The molecule has 0 fully saturated rings. The Bertz CT molecular complexity index is 3280. The summed E-state index contributed by atoms with van der Waals surface area (Å²) in [6.07, 6.45) is 3.54. The minimum Gasteiger partial charge on any atom is -0.255 e. The minimum absolute atomic E-state index is 0.493. The molecular weight excluding hydrogens is 1420 g/mol. The van der Waals surface area contributed by atoms with Crippen LogP contribution in [0.4, 0.5) is 0 Å². The Morgan fingerprint density at radius 1 is 0.370 bits per heavy atom. The van der Waals surface area contributed by atoms with Crippen LogP contribution in [0.1, 0.15) is 0 Å². The van der Waals surface area contributed by atoms with Crippen LogP contribution in [-0.2, 0) is 333 Å². The maximum atomic E-state index is 6.07. The van der Waals surface area contributed by atoms with Crippen LogP contribution in [0, 0.1) is 0 Å². The molecule has 0 aliphatic carbocycles. The Morgan fingerprint density at radius 3 is 1.00 bits per heavy atom. The van der Waals surface area contributed by atoms with E-state index in [0.717, 1.165) is 22.0 Å². The van der Waals surface area contributed by atoms with Gasteiger partial charge < -0.3 is 0 Å². The van der Waals surface area contributed by atoms with Crippen molar-refractivity contribution < 1.29 is 0 Å². The molecule has 3 aromatic rings. The van der Waals surface area contributed by atoms with Crippen molar-refractivity contribution in [3.05, 3.63) is 60.0 Å². The second-order valence-electron chi connectivity index (χ2n) is 6.11. The van der Waals surface area contributed by atoms with Gasteiger partial charge in [-0.15, -0.1) is 0 Å². The maximum Gasteiger partial charge on any atom is 0.138 e. The van der Waals surface area contributed by atoms with Gasteiger partial charge in [-0.1, -0.05) is 41.9 Å². The van der Waals surface area contributed by atoms with Crippen molar-refractivity contribution in [3.8, 4) is 11.1 Å². The van der Waals surface area contributed by atoms with E-state index in [1.165, 1.54) is 17.8 Å². The monoisotopic (exact) mass is 1420 g/mol. The molecule has 2 nitrogen and oxygen atoms in total. The molecule has 40 heteroatoms. The fraction of sp³-hybridized carbons (Fsp3) is 0. The summed E-state index contributed by atoms with van der Waals surface area (Å²) in [5.74, 6) is 0. The van der Waals surface area contributed by atoms with E-state index >= 15 is 0 Å². The van der Waals surface area contributed by atoms with E-state index < -0.39 is 0 Å². The highest BCUT2D eigenvalue weighted by Crippen LogP contribution is 2.29. The normalized spacial score (nSPS) is 8.61. The van der Waals surface area contributed by atoms with Gasteiger partial charge in [-0.3, -0.25) is 4.98 Å². The van der Waals surface area contributed by atoms with Crippen LogP contribution >= 0.6 is 11.6 Å². The summed E-state index contributed by atoms with van der Waals surface area (Å²) in [5.41, 5.74) is 2.99.